The fourth-order valence-corrected chi connectivity index (χ4v) is 3.45. The highest BCUT2D eigenvalue weighted by atomic mass is 16.5. The Bertz CT molecular complexity index is 464. The number of nitrogens with one attached hydrogen (secondary N) is 1. The van der Waals surface area contributed by atoms with Gasteiger partial charge in [0.2, 0.25) is 0 Å². The minimum atomic E-state index is 0.351. The first-order valence-corrected chi connectivity index (χ1v) is 7.95. The largest absolute Gasteiger partial charge is 0.493 e. The van der Waals surface area contributed by atoms with E-state index in [0.717, 1.165) is 18.8 Å². The van der Waals surface area contributed by atoms with Crippen LogP contribution < -0.4 is 10.2 Å². The van der Waals surface area contributed by atoms with Crippen LogP contribution in [0.15, 0.2) is 18.2 Å². The van der Waals surface area contributed by atoms with Gasteiger partial charge >= 0.3 is 0 Å². The normalized spacial score (nSPS) is 27.9. The Balaban J connectivity index is 1.70. The third-order valence-corrected chi connectivity index (χ3v) is 4.75. The lowest BCUT2D eigenvalue weighted by molar-refractivity contribution is 0.0320. The van der Waals surface area contributed by atoms with Gasteiger partial charge in [-0.15, -0.1) is 0 Å². The summed E-state index contributed by atoms with van der Waals surface area (Å²) in [6.07, 6.45) is 4.99. The zero-order valence-electron chi connectivity index (χ0n) is 12.9. The highest BCUT2D eigenvalue weighted by Gasteiger charge is 2.26. The average Bonchev–Trinajstić information content (AvgIpc) is 2.90. The van der Waals surface area contributed by atoms with Crippen LogP contribution in [0.25, 0.3) is 0 Å². The molecule has 0 radical (unpaired) electrons. The van der Waals surface area contributed by atoms with Crippen molar-refractivity contribution in [3.8, 4) is 5.75 Å². The van der Waals surface area contributed by atoms with E-state index in [1.807, 2.05) is 0 Å². The lowest BCUT2D eigenvalue weighted by Gasteiger charge is -2.41. The van der Waals surface area contributed by atoms with E-state index in [1.165, 1.54) is 30.4 Å². The molecule has 2 heterocycles. The van der Waals surface area contributed by atoms with Crippen molar-refractivity contribution in [3.63, 3.8) is 0 Å². The summed E-state index contributed by atoms with van der Waals surface area (Å²) in [4.78, 5) is 0. The standard InChI is InChI=1S/C17H26N2O/c1-12-5-4-6-13(2)19(12)18-14(3)15-7-8-17-16(11-15)9-10-20-17/h7-8,11-14,18H,4-6,9-10H2,1-3H3. The van der Waals surface area contributed by atoms with E-state index >= 15 is 0 Å². The molecule has 1 aromatic rings. The van der Waals surface area contributed by atoms with E-state index in [2.05, 4.69) is 49.4 Å². The van der Waals surface area contributed by atoms with Crippen LogP contribution >= 0.6 is 0 Å². The fraction of sp³-hybridized carbons (Fsp3) is 0.647. The number of piperidine rings is 1. The zero-order valence-corrected chi connectivity index (χ0v) is 12.9. The lowest BCUT2D eigenvalue weighted by Crippen LogP contribution is -2.52. The molecule has 3 heteroatoms. The predicted molar refractivity (Wildman–Crippen MR) is 81.8 cm³/mol. The summed E-state index contributed by atoms with van der Waals surface area (Å²) >= 11 is 0. The van der Waals surface area contributed by atoms with E-state index in [4.69, 9.17) is 4.74 Å². The molecular formula is C17H26N2O. The summed E-state index contributed by atoms with van der Waals surface area (Å²) in [7, 11) is 0. The maximum atomic E-state index is 5.59. The van der Waals surface area contributed by atoms with Crippen LogP contribution in [0.3, 0.4) is 0 Å². The first-order valence-electron chi connectivity index (χ1n) is 7.95. The van der Waals surface area contributed by atoms with Crippen molar-refractivity contribution in [2.45, 2.75) is 64.6 Å². The highest BCUT2D eigenvalue weighted by Crippen LogP contribution is 2.29. The van der Waals surface area contributed by atoms with Crippen LogP contribution in [0.1, 0.15) is 57.2 Å². The van der Waals surface area contributed by atoms with Gasteiger partial charge in [0, 0.05) is 24.5 Å². The monoisotopic (exact) mass is 274 g/mol. The fourth-order valence-electron chi connectivity index (χ4n) is 3.45. The lowest BCUT2D eigenvalue weighted by atomic mass is 9.99. The number of ether oxygens (including phenoxy) is 1. The summed E-state index contributed by atoms with van der Waals surface area (Å²) in [6.45, 7) is 7.74. The summed E-state index contributed by atoms with van der Waals surface area (Å²) in [5.41, 5.74) is 6.44. The Kier molecular flexibility index (Phi) is 3.99. The summed E-state index contributed by atoms with van der Waals surface area (Å²) in [6, 6.07) is 8.22. The third-order valence-electron chi connectivity index (χ3n) is 4.75. The van der Waals surface area contributed by atoms with Gasteiger partial charge in [0.1, 0.15) is 5.75 Å². The van der Waals surface area contributed by atoms with Crippen LogP contribution in [-0.2, 0) is 6.42 Å². The van der Waals surface area contributed by atoms with Crippen LogP contribution in [-0.4, -0.2) is 23.7 Å². The SMILES string of the molecule is CC(NN1C(C)CCCC1C)c1ccc2c(c1)CCO2. The van der Waals surface area contributed by atoms with Gasteiger partial charge in [-0.2, -0.15) is 0 Å². The summed E-state index contributed by atoms with van der Waals surface area (Å²) in [5.74, 6) is 1.07. The molecule has 0 aromatic heterocycles. The molecule has 0 spiro atoms. The second-order valence-corrected chi connectivity index (χ2v) is 6.35. The van der Waals surface area contributed by atoms with Crippen molar-refractivity contribution in [3.05, 3.63) is 29.3 Å². The van der Waals surface area contributed by atoms with Crippen molar-refractivity contribution < 1.29 is 4.74 Å². The molecule has 20 heavy (non-hydrogen) atoms. The molecule has 0 aliphatic carbocycles. The van der Waals surface area contributed by atoms with E-state index in [-0.39, 0.29) is 0 Å². The molecule has 3 unspecified atom stereocenters. The summed E-state index contributed by atoms with van der Waals surface area (Å²) < 4.78 is 5.59. The van der Waals surface area contributed by atoms with Gasteiger partial charge in [-0.3, -0.25) is 0 Å². The van der Waals surface area contributed by atoms with Crippen LogP contribution in [0.5, 0.6) is 5.75 Å². The summed E-state index contributed by atoms with van der Waals surface area (Å²) in [5, 5.41) is 2.46. The van der Waals surface area contributed by atoms with Gasteiger partial charge in [-0.25, -0.2) is 10.4 Å². The molecule has 1 aromatic carbocycles. The van der Waals surface area contributed by atoms with Gasteiger partial charge < -0.3 is 4.74 Å². The molecule has 0 bridgehead atoms. The average molecular weight is 274 g/mol. The predicted octanol–water partition coefficient (Wildman–Crippen LogP) is 3.45. The first kappa shape index (κ1) is 13.9. The quantitative estimate of drug-likeness (QED) is 0.913. The Labute approximate surface area is 122 Å². The Morgan fingerprint density at radius 3 is 2.75 bits per heavy atom. The van der Waals surface area contributed by atoms with Crippen molar-refractivity contribution in [2.24, 2.45) is 0 Å². The van der Waals surface area contributed by atoms with Crippen LogP contribution in [0.2, 0.25) is 0 Å². The molecular weight excluding hydrogens is 248 g/mol. The molecule has 1 saturated heterocycles. The van der Waals surface area contributed by atoms with E-state index in [1.54, 1.807) is 0 Å². The van der Waals surface area contributed by atoms with E-state index in [9.17, 15) is 0 Å². The Morgan fingerprint density at radius 1 is 1.25 bits per heavy atom. The first-order chi connectivity index (χ1) is 9.65. The molecule has 0 saturated carbocycles. The molecule has 2 aliphatic rings. The topological polar surface area (TPSA) is 24.5 Å². The minimum Gasteiger partial charge on any atom is -0.493 e. The highest BCUT2D eigenvalue weighted by molar-refractivity contribution is 5.40. The number of benzene rings is 1. The van der Waals surface area contributed by atoms with Crippen molar-refractivity contribution >= 4 is 0 Å². The Hall–Kier alpha value is -1.06. The zero-order chi connectivity index (χ0) is 14.1. The van der Waals surface area contributed by atoms with Crippen molar-refractivity contribution in [2.75, 3.05) is 6.61 Å². The number of hydrogen-bond acceptors (Lipinski definition) is 3. The molecule has 3 atom stereocenters. The number of hydrogen-bond donors (Lipinski definition) is 1. The van der Waals surface area contributed by atoms with Gasteiger partial charge in [0.15, 0.2) is 0 Å². The molecule has 0 amide bonds. The van der Waals surface area contributed by atoms with Gasteiger partial charge in [0.25, 0.3) is 0 Å². The van der Waals surface area contributed by atoms with Gasteiger partial charge in [-0.1, -0.05) is 18.6 Å². The second-order valence-electron chi connectivity index (χ2n) is 6.35. The molecule has 2 aliphatic heterocycles. The van der Waals surface area contributed by atoms with Crippen molar-refractivity contribution in [1.29, 1.82) is 0 Å². The van der Waals surface area contributed by atoms with Crippen molar-refractivity contribution in [1.82, 2.24) is 10.4 Å². The number of hydrazine groups is 1. The third kappa shape index (κ3) is 2.70. The van der Waals surface area contributed by atoms with Gasteiger partial charge in [-0.05, 0) is 50.8 Å². The molecule has 1 fully saturated rings. The molecule has 3 rings (SSSR count). The smallest absolute Gasteiger partial charge is 0.122 e. The number of nitrogens with zero attached hydrogens (tertiary/aromatic N) is 1. The molecule has 110 valence electrons. The molecule has 1 N–H and O–H groups in total. The molecule has 3 nitrogen and oxygen atoms in total. The number of rotatable bonds is 3. The van der Waals surface area contributed by atoms with Crippen LogP contribution in [0.4, 0.5) is 0 Å². The second kappa shape index (κ2) is 5.74. The Morgan fingerprint density at radius 2 is 2.00 bits per heavy atom. The number of fused-ring (bicyclic) bond motifs is 1. The maximum absolute atomic E-state index is 5.59. The minimum absolute atomic E-state index is 0.351. The van der Waals surface area contributed by atoms with E-state index in [0.29, 0.717) is 18.1 Å². The van der Waals surface area contributed by atoms with E-state index < -0.39 is 0 Å². The van der Waals surface area contributed by atoms with Gasteiger partial charge in [0.05, 0.1) is 6.61 Å². The van der Waals surface area contributed by atoms with Crippen LogP contribution in [0, 0.1) is 0 Å². The maximum Gasteiger partial charge on any atom is 0.122 e.